The fourth-order valence-electron chi connectivity index (χ4n) is 2.89. The lowest BCUT2D eigenvalue weighted by Gasteiger charge is -2.14. The van der Waals surface area contributed by atoms with Gasteiger partial charge in [0, 0.05) is 24.2 Å². The van der Waals surface area contributed by atoms with Crippen LogP contribution in [0.5, 0.6) is 11.5 Å². The summed E-state index contributed by atoms with van der Waals surface area (Å²) in [6, 6.07) is 8.89. The van der Waals surface area contributed by atoms with E-state index >= 15 is 0 Å². The Kier molecular flexibility index (Phi) is 5.12. The summed E-state index contributed by atoms with van der Waals surface area (Å²) in [4.78, 5) is 25.5. The molecule has 0 spiro atoms. The van der Waals surface area contributed by atoms with Crippen LogP contribution in [0.1, 0.15) is 17.3 Å². The van der Waals surface area contributed by atoms with Crippen molar-refractivity contribution in [3.63, 3.8) is 0 Å². The van der Waals surface area contributed by atoms with E-state index in [0.29, 0.717) is 29.2 Å². The number of pyridine rings is 1. The topological polar surface area (TPSA) is 69.6 Å². The summed E-state index contributed by atoms with van der Waals surface area (Å²) >= 11 is 0. The molecule has 0 aliphatic carbocycles. The predicted molar refractivity (Wildman–Crippen MR) is 101 cm³/mol. The minimum atomic E-state index is -0.611. The first-order chi connectivity index (χ1) is 13.0. The highest BCUT2D eigenvalue weighted by molar-refractivity contribution is 6.06. The van der Waals surface area contributed by atoms with Gasteiger partial charge < -0.3 is 19.4 Å². The molecule has 0 radical (unpaired) electrons. The van der Waals surface area contributed by atoms with Crippen molar-refractivity contribution in [2.45, 2.75) is 13.5 Å². The van der Waals surface area contributed by atoms with Crippen molar-refractivity contribution in [2.24, 2.45) is 0 Å². The lowest BCUT2D eigenvalue weighted by atomic mass is 10.1. The van der Waals surface area contributed by atoms with Crippen molar-refractivity contribution in [1.82, 2.24) is 4.57 Å². The average molecular weight is 370 g/mol. The van der Waals surface area contributed by atoms with Crippen molar-refractivity contribution in [3.05, 3.63) is 64.2 Å². The predicted octanol–water partition coefficient (Wildman–Crippen LogP) is 3.43. The van der Waals surface area contributed by atoms with Gasteiger partial charge >= 0.3 is 0 Å². The number of methoxy groups -OCH3 is 2. The number of nitrogens with one attached hydrogen (secondary N) is 1. The normalized spacial score (nSPS) is 10.7. The maximum absolute atomic E-state index is 13.6. The van der Waals surface area contributed by atoms with Crippen molar-refractivity contribution >= 4 is 22.5 Å². The van der Waals surface area contributed by atoms with E-state index in [1.807, 2.05) is 6.92 Å². The zero-order valence-electron chi connectivity index (χ0n) is 15.2. The molecule has 3 rings (SSSR count). The molecule has 2 aromatic carbocycles. The zero-order chi connectivity index (χ0) is 19.6. The maximum atomic E-state index is 13.6. The van der Waals surface area contributed by atoms with Crippen LogP contribution < -0.4 is 20.2 Å². The molecule has 0 unspecified atom stereocenters. The number of carbonyl (C=O) groups is 1. The summed E-state index contributed by atoms with van der Waals surface area (Å²) in [5.41, 5.74) is 0.316. The van der Waals surface area contributed by atoms with Crippen LogP contribution in [0.2, 0.25) is 0 Å². The Morgan fingerprint density at radius 2 is 1.93 bits per heavy atom. The molecular weight excluding hydrogens is 351 g/mol. The average Bonchev–Trinajstić information content (AvgIpc) is 2.68. The van der Waals surface area contributed by atoms with Gasteiger partial charge in [-0.25, -0.2) is 4.39 Å². The number of aromatic nitrogens is 1. The Labute approximate surface area is 155 Å². The van der Waals surface area contributed by atoms with Crippen molar-refractivity contribution < 1.29 is 18.7 Å². The van der Waals surface area contributed by atoms with Crippen LogP contribution in [-0.4, -0.2) is 24.7 Å². The summed E-state index contributed by atoms with van der Waals surface area (Å²) in [5, 5.41) is 2.83. The van der Waals surface area contributed by atoms with Gasteiger partial charge in [-0.05, 0) is 37.3 Å². The van der Waals surface area contributed by atoms with Crippen LogP contribution in [0.25, 0.3) is 10.9 Å². The SMILES string of the molecule is CCn1cc(C(=O)Nc2cc(OC)ccc2OC)c(=O)c2cc(F)ccc21. The number of halogens is 1. The van der Waals surface area contributed by atoms with Gasteiger partial charge in [0.25, 0.3) is 5.91 Å². The van der Waals surface area contributed by atoms with E-state index in [2.05, 4.69) is 5.32 Å². The highest BCUT2D eigenvalue weighted by atomic mass is 19.1. The van der Waals surface area contributed by atoms with Crippen LogP contribution >= 0.6 is 0 Å². The molecule has 1 amide bonds. The van der Waals surface area contributed by atoms with Gasteiger partial charge in [-0.3, -0.25) is 9.59 Å². The second kappa shape index (κ2) is 7.49. The molecule has 3 aromatic rings. The third kappa shape index (κ3) is 3.48. The van der Waals surface area contributed by atoms with E-state index in [1.54, 1.807) is 22.8 Å². The Bertz CT molecular complexity index is 1080. The van der Waals surface area contributed by atoms with E-state index in [1.165, 1.54) is 32.5 Å². The minimum Gasteiger partial charge on any atom is -0.497 e. The number of hydrogen-bond acceptors (Lipinski definition) is 4. The van der Waals surface area contributed by atoms with Crippen LogP contribution in [0.3, 0.4) is 0 Å². The summed E-state index contributed by atoms with van der Waals surface area (Å²) in [6.07, 6.45) is 1.48. The Hall–Kier alpha value is -3.35. The van der Waals surface area contributed by atoms with Crippen LogP contribution in [0.4, 0.5) is 10.1 Å². The third-order valence-electron chi connectivity index (χ3n) is 4.28. The molecule has 0 bridgehead atoms. The quantitative estimate of drug-likeness (QED) is 0.747. The first kappa shape index (κ1) is 18.4. The lowest BCUT2D eigenvalue weighted by molar-refractivity contribution is 0.102. The van der Waals surface area contributed by atoms with E-state index in [0.717, 1.165) is 6.07 Å². The summed E-state index contributed by atoms with van der Waals surface area (Å²) < 4.78 is 25.8. The number of nitrogens with zero attached hydrogens (tertiary/aromatic N) is 1. The molecule has 0 aliphatic heterocycles. The second-order valence-corrected chi connectivity index (χ2v) is 5.84. The van der Waals surface area contributed by atoms with E-state index < -0.39 is 17.2 Å². The van der Waals surface area contributed by atoms with E-state index in [9.17, 15) is 14.0 Å². The van der Waals surface area contributed by atoms with Crippen LogP contribution in [-0.2, 0) is 6.54 Å². The van der Waals surface area contributed by atoms with Gasteiger partial charge in [-0.2, -0.15) is 0 Å². The largest absolute Gasteiger partial charge is 0.497 e. The molecule has 0 atom stereocenters. The number of aryl methyl sites for hydroxylation is 1. The standard InChI is InChI=1S/C20H19FN2O4/c1-4-23-11-15(19(24)14-9-12(21)5-7-17(14)23)20(25)22-16-10-13(26-2)6-8-18(16)27-3/h5-11H,4H2,1-3H3,(H,22,25). The summed E-state index contributed by atoms with van der Waals surface area (Å²) in [7, 11) is 2.98. The van der Waals surface area contributed by atoms with Gasteiger partial charge in [0.15, 0.2) is 0 Å². The van der Waals surface area contributed by atoms with E-state index in [-0.39, 0.29) is 10.9 Å². The number of benzene rings is 2. The molecular formula is C20H19FN2O4. The number of carbonyl (C=O) groups excluding carboxylic acids is 1. The van der Waals surface area contributed by atoms with Crippen molar-refractivity contribution in [3.8, 4) is 11.5 Å². The lowest BCUT2D eigenvalue weighted by Crippen LogP contribution is -2.24. The molecule has 0 fully saturated rings. The molecule has 27 heavy (non-hydrogen) atoms. The smallest absolute Gasteiger partial charge is 0.261 e. The van der Waals surface area contributed by atoms with Crippen LogP contribution in [0.15, 0.2) is 47.4 Å². The van der Waals surface area contributed by atoms with E-state index in [4.69, 9.17) is 9.47 Å². The maximum Gasteiger partial charge on any atom is 0.261 e. The Morgan fingerprint density at radius 3 is 2.59 bits per heavy atom. The number of hydrogen-bond donors (Lipinski definition) is 1. The van der Waals surface area contributed by atoms with Crippen LogP contribution in [0, 0.1) is 5.82 Å². The molecule has 140 valence electrons. The number of ether oxygens (including phenoxy) is 2. The highest BCUT2D eigenvalue weighted by Gasteiger charge is 2.17. The molecule has 1 heterocycles. The second-order valence-electron chi connectivity index (χ2n) is 5.84. The number of amides is 1. The Morgan fingerprint density at radius 1 is 1.15 bits per heavy atom. The molecule has 1 aromatic heterocycles. The molecule has 0 saturated carbocycles. The molecule has 0 saturated heterocycles. The fourth-order valence-corrected chi connectivity index (χ4v) is 2.89. The number of anilines is 1. The molecule has 6 nitrogen and oxygen atoms in total. The fraction of sp³-hybridized carbons (Fsp3) is 0.200. The third-order valence-corrected chi connectivity index (χ3v) is 4.28. The first-order valence-corrected chi connectivity index (χ1v) is 8.34. The van der Waals surface area contributed by atoms with Gasteiger partial charge in [0.2, 0.25) is 5.43 Å². The number of rotatable bonds is 5. The molecule has 1 N–H and O–H groups in total. The minimum absolute atomic E-state index is 0.0835. The van der Waals surface area contributed by atoms with Gasteiger partial charge in [0.1, 0.15) is 22.9 Å². The Balaban J connectivity index is 2.09. The number of fused-ring (bicyclic) bond motifs is 1. The molecule has 7 heteroatoms. The summed E-state index contributed by atoms with van der Waals surface area (Å²) in [6.45, 7) is 2.39. The highest BCUT2D eigenvalue weighted by Crippen LogP contribution is 2.29. The van der Waals surface area contributed by atoms with Crippen molar-refractivity contribution in [1.29, 1.82) is 0 Å². The van der Waals surface area contributed by atoms with Gasteiger partial charge in [-0.1, -0.05) is 0 Å². The first-order valence-electron chi connectivity index (χ1n) is 8.34. The van der Waals surface area contributed by atoms with Gasteiger partial charge in [-0.15, -0.1) is 0 Å². The van der Waals surface area contributed by atoms with Gasteiger partial charge in [0.05, 0.1) is 25.4 Å². The summed E-state index contributed by atoms with van der Waals surface area (Å²) in [5.74, 6) is -0.196. The van der Waals surface area contributed by atoms with Crippen molar-refractivity contribution in [2.75, 3.05) is 19.5 Å². The molecule has 0 aliphatic rings. The zero-order valence-corrected chi connectivity index (χ0v) is 15.2. The monoisotopic (exact) mass is 370 g/mol.